The first kappa shape index (κ1) is 24.7. The van der Waals surface area contributed by atoms with Gasteiger partial charge in [-0.05, 0) is 37.6 Å². The monoisotopic (exact) mass is 524 g/mol. The van der Waals surface area contributed by atoms with Crippen molar-refractivity contribution >= 4 is 29.9 Å². The summed E-state index contributed by atoms with van der Waals surface area (Å²) in [6.45, 7) is 12.3. The van der Waals surface area contributed by atoms with Crippen LogP contribution in [-0.4, -0.2) is 64.8 Å². The molecule has 1 N–H and O–H groups in total. The summed E-state index contributed by atoms with van der Waals surface area (Å²) >= 11 is 0. The highest BCUT2D eigenvalue weighted by Crippen LogP contribution is 2.27. The minimum atomic E-state index is 0. The first-order valence-electron chi connectivity index (χ1n) is 11.0. The van der Waals surface area contributed by atoms with Crippen molar-refractivity contribution in [2.24, 2.45) is 12.0 Å². The number of likely N-dealkylation sites (tertiary alicyclic amines) is 1. The van der Waals surface area contributed by atoms with Gasteiger partial charge in [-0.2, -0.15) is 5.10 Å². The van der Waals surface area contributed by atoms with Gasteiger partial charge in [-0.3, -0.25) is 14.6 Å². The van der Waals surface area contributed by atoms with Crippen LogP contribution < -0.4 is 5.32 Å². The number of guanidine groups is 1. The molecule has 0 spiro atoms. The molecule has 6 nitrogen and oxygen atoms in total. The summed E-state index contributed by atoms with van der Waals surface area (Å²) in [5, 5.41) is 7.87. The molecule has 1 aliphatic rings. The van der Waals surface area contributed by atoms with E-state index in [2.05, 4.69) is 77.5 Å². The van der Waals surface area contributed by atoms with E-state index in [1.165, 1.54) is 11.1 Å². The molecule has 2 heterocycles. The fraction of sp³-hybridized carbons (Fsp3) is 0.565. The Balaban J connectivity index is 0.00000320. The number of benzene rings is 1. The predicted molar refractivity (Wildman–Crippen MR) is 136 cm³/mol. The fourth-order valence-electron chi connectivity index (χ4n) is 4.25. The lowest BCUT2D eigenvalue weighted by atomic mass is 10.0. The smallest absolute Gasteiger partial charge is 0.194 e. The first-order chi connectivity index (χ1) is 14.2. The molecule has 1 aromatic carbocycles. The van der Waals surface area contributed by atoms with Crippen LogP contribution in [0, 0.1) is 0 Å². The highest BCUT2D eigenvalue weighted by Gasteiger charge is 2.27. The molecule has 1 aromatic heterocycles. The average Bonchev–Trinajstić information content (AvgIpc) is 3.40. The molecule has 0 radical (unpaired) electrons. The third kappa shape index (κ3) is 6.20. The SMILES string of the molecule is CCNC(=NCC(c1ccccc1)N(CC)CC)N1CCC(c2cnn(C)c2)C1.I. The van der Waals surface area contributed by atoms with Gasteiger partial charge in [-0.1, -0.05) is 44.2 Å². The van der Waals surface area contributed by atoms with Crippen molar-refractivity contribution in [3.8, 4) is 0 Å². The molecular weight excluding hydrogens is 487 g/mol. The van der Waals surface area contributed by atoms with Gasteiger partial charge in [-0.25, -0.2) is 0 Å². The maximum atomic E-state index is 5.09. The molecule has 166 valence electrons. The van der Waals surface area contributed by atoms with Crippen molar-refractivity contribution in [2.75, 3.05) is 39.3 Å². The van der Waals surface area contributed by atoms with E-state index < -0.39 is 0 Å². The van der Waals surface area contributed by atoms with Crippen molar-refractivity contribution in [1.29, 1.82) is 0 Å². The second kappa shape index (κ2) is 12.3. The highest BCUT2D eigenvalue weighted by atomic mass is 127. The summed E-state index contributed by atoms with van der Waals surface area (Å²) in [5.74, 6) is 1.56. The standard InChI is InChI=1S/C23H36N6.HI/c1-5-24-23(29-14-13-20(18-29)21-15-26-27(4)17-21)25-16-22(28(6-2)7-3)19-11-9-8-10-12-19;/h8-12,15,17,20,22H,5-7,13-14,16,18H2,1-4H3,(H,24,25);1H. The zero-order chi connectivity index (χ0) is 20.6. The van der Waals surface area contributed by atoms with E-state index in [9.17, 15) is 0 Å². The van der Waals surface area contributed by atoms with Crippen molar-refractivity contribution in [3.63, 3.8) is 0 Å². The average molecular weight is 524 g/mol. The van der Waals surface area contributed by atoms with Gasteiger partial charge in [0, 0.05) is 38.8 Å². The Morgan fingerprint density at radius 2 is 1.97 bits per heavy atom. The Labute approximate surface area is 198 Å². The molecule has 30 heavy (non-hydrogen) atoms. The van der Waals surface area contributed by atoms with Crippen LogP contribution in [0.4, 0.5) is 0 Å². The van der Waals surface area contributed by atoms with E-state index in [-0.39, 0.29) is 24.0 Å². The van der Waals surface area contributed by atoms with Crippen molar-refractivity contribution in [1.82, 2.24) is 24.9 Å². The number of hydrogen-bond acceptors (Lipinski definition) is 3. The molecule has 1 fully saturated rings. The summed E-state index contributed by atoms with van der Waals surface area (Å²) in [5.41, 5.74) is 2.67. The van der Waals surface area contributed by atoms with Crippen LogP contribution in [0.2, 0.25) is 0 Å². The molecule has 0 bridgehead atoms. The van der Waals surface area contributed by atoms with Gasteiger partial charge in [0.2, 0.25) is 0 Å². The van der Waals surface area contributed by atoms with E-state index in [1.807, 2.05) is 17.9 Å². The second-order valence-corrected chi connectivity index (χ2v) is 7.72. The minimum absolute atomic E-state index is 0. The second-order valence-electron chi connectivity index (χ2n) is 7.72. The highest BCUT2D eigenvalue weighted by molar-refractivity contribution is 14.0. The van der Waals surface area contributed by atoms with Gasteiger partial charge >= 0.3 is 0 Å². The van der Waals surface area contributed by atoms with Crippen molar-refractivity contribution < 1.29 is 0 Å². The molecule has 2 unspecified atom stereocenters. The Bertz CT molecular complexity index is 771. The molecule has 2 atom stereocenters. The van der Waals surface area contributed by atoms with Crippen LogP contribution in [0.1, 0.15) is 50.3 Å². The number of nitrogens with one attached hydrogen (secondary N) is 1. The lowest BCUT2D eigenvalue weighted by Gasteiger charge is -2.30. The van der Waals surface area contributed by atoms with Gasteiger partial charge in [0.05, 0.1) is 18.8 Å². The topological polar surface area (TPSA) is 48.7 Å². The molecule has 0 aliphatic carbocycles. The normalized spacial score (nSPS) is 17.8. The maximum absolute atomic E-state index is 5.09. The van der Waals surface area contributed by atoms with Gasteiger partial charge in [-0.15, -0.1) is 24.0 Å². The number of aryl methyl sites for hydroxylation is 1. The minimum Gasteiger partial charge on any atom is -0.357 e. The molecule has 2 aromatic rings. The van der Waals surface area contributed by atoms with Gasteiger partial charge < -0.3 is 10.2 Å². The Morgan fingerprint density at radius 3 is 2.57 bits per heavy atom. The maximum Gasteiger partial charge on any atom is 0.194 e. The predicted octanol–water partition coefficient (Wildman–Crippen LogP) is 3.88. The number of aliphatic imine (C=N–C) groups is 1. The fourth-order valence-corrected chi connectivity index (χ4v) is 4.25. The lowest BCUT2D eigenvalue weighted by Crippen LogP contribution is -2.41. The molecule has 0 amide bonds. The molecule has 1 aliphatic heterocycles. The summed E-state index contributed by atoms with van der Waals surface area (Å²) in [6, 6.07) is 11.1. The van der Waals surface area contributed by atoms with E-state index in [1.54, 1.807) is 0 Å². The summed E-state index contributed by atoms with van der Waals surface area (Å²) in [7, 11) is 1.98. The van der Waals surface area contributed by atoms with Crippen LogP contribution >= 0.6 is 24.0 Å². The number of nitrogens with zero attached hydrogens (tertiary/aromatic N) is 5. The van der Waals surface area contributed by atoms with E-state index >= 15 is 0 Å². The number of aromatic nitrogens is 2. The van der Waals surface area contributed by atoms with Crippen LogP contribution in [-0.2, 0) is 7.05 Å². The van der Waals surface area contributed by atoms with Gasteiger partial charge in [0.1, 0.15) is 0 Å². The molecule has 1 saturated heterocycles. The molecular formula is C23H37IN6. The Kier molecular flexibility index (Phi) is 10.1. The quantitative estimate of drug-likeness (QED) is 0.324. The Hall–Kier alpha value is -1.61. The summed E-state index contributed by atoms with van der Waals surface area (Å²) in [6.07, 6.45) is 5.29. The number of halogens is 1. The third-order valence-corrected chi connectivity index (χ3v) is 5.87. The van der Waals surface area contributed by atoms with Crippen LogP contribution in [0.15, 0.2) is 47.7 Å². The van der Waals surface area contributed by atoms with Crippen LogP contribution in [0.25, 0.3) is 0 Å². The largest absolute Gasteiger partial charge is 0.357 e. The zero-order valence-electron chi connectivity index (χ0n) is 18.8. The van der Waals surface area contributed by atoms with Gasteiger partial charge in [0.15, 0.2) is 5.96 Å². The van der Waals surface area contributed by atoms with Crippen molar-refractivity contribution in [3.05, 3.63) is 53.9 Å². The van der Waals surface area contributed by atoms with Gasteiger partial charge in [0.25, 0.3) is 0 Å². The first-order valence-corrected chi connectivity index (χ1v) is 11.0. The summed E-state index contributed by atoms with van der Waals surface area (Å²) in [4.78, 5) is 9.99. The Morgan fingerprint density at radius 1 is 1.23 bits per heavy atom. The number of rotatable bonds is 8. The third-order valence-electron chi connectivity index (χ3n) is 5.87. The van der Waals surface area contributed by atoms with E-state index in [4.69, 9.17) is 4.99 Å². The van der Waals surface area contributed by atoms with Crippen LogP contribution in [0.5, 0.6) is 0 Å². The molecule has 3 rings (SSSR count). The van der Waals surface area contributed by atoms with E-state index in [0.29, 0.717) is 12.0 Å². The molecule has 0 saturated carbocycles. The zero-order valence-corrected chi connectivity index (χ0v) is 21.1. The van der Waals surface area contributed by atoms with Crippen molar-refractivity contribution in [2.45, 2.75) is 39.2 Å². The summed E-state index contributed by atoms with van der Waals surface area (Å²) < 4.78 is 1.89. The number of hydrogen-bond donors (Lipinski definition) is 1. The lowest BCUT2D eigenvalue weighted by molar-refractivity contribution is 0.224. The van der Waals surface area contributed by atoms with Crippen LogP contribution in [0.3, 0.4) is 0 Å². The van der Waals surface area contributed by atoms with E-state index in [0.717, 1.165) is 51.6 Å². The number of likely N-dealkylation sites (N-methyl/N-ethyl adjacent to an activating group) is 1. The molecule has 7 heteroatoms.